The van der Waals surface area contributed by atoms with Crippen LogP contribution in [0.15, 0.2) is 55.1 Å². The molecule has 0 bridgehead atoms. The van der Waals surface area contributed by atoms with Gasteiger partial charge in [-0.1, -0.05) is 12.1 Å². The summed E-state index contributed by atoms with van der Waals surface area (Å²) >= 11 is 1.42. The van der Waals surface area contributed by atoms with E-state index in [2.05, 4.69) is 4.98 Å². The van der Waals surface area contributed by atoms with Crippen molar-refractivity contribution in [1.82, 2.24) is 29.0 Å². The molecule has 1 amide bonds. The number of aryl methyl sites for hydroxylation is 1. The van der Waals surface area contributed by atoms with Crippen LogP contribution in [0.1, 0.15) is 29.1 Å². The molecule has 0 unspecified atom stereocenters. The van der Waals surface area contributed by atoms with E-state index >= 15 is 0 Å². The van der Waals surface area contributed by atoms with E-state index in [-0.39, 0.29) is 5.91 Å². The summed E-state index contributed by atoms with van der Waals surface area (Å²) in [5.74, 6) is 0.669. The normalized spacial score (nSPS) is 11.5. The minimum absolute atomic E-state index is 0.0429. The van der Waals surface area contributed by atoms with Crippen LogP contribution in [0.25, 0.3) is 32.9 Å². The van der Waals surface area contributed by atoms with Crippen molar-refractivity contribution in [3.63, 3.8) is 0 Å². The lowest BCUT2D eigenvalue weighted by Crippen LogP contribution is -2.30. The van der Waals surface area contributed by atoms with Crippen LogP contribution >= 0.6 is 11.3 Å². The van der Waals surface area contributed by atoms with Crippen LogP contribution in [0.2, 0.25) is 0 Å². The number of amides is 1. The second kappa shape index (κ2) is 7.63. The second-order valence-electron chi connectivity index (χ2n) is 7.27. The van der Waals surface area contributed by atoms with Crippen molar-refractivity contribution in [3.05, 3.63) is 65.6 Å². The fraction of sp³-hybridized carbons (Fsp3) is 0.217. The number of para-hydroxylation sites is 1. The number of benzene rings is 1. The number of thiophene rings is 1. The summed E-state index contributed by atoms with van der Waals surface area (Å²) in [6.07, 6.45) is 5.68. The average molecular weight is 431 g/mol. The second-order valence-corrected chi connectivity index (χ2v) is 8.27. The Labute approximate surface area is 183 Å². The van der Waals surface area contributed by atoms with Gasteiger partial charge in [-0.2, -0.15) is 0 Å². The quantitative estimate of drug-likeness (QED) is 0.409. The topological polar surface area (TPSA) is 68.3 Å². The van der Waals surface area contributed by atoms with E-state index < -0.39 is 0 Å². The van der Waals surface area contributed by atoms with Gasteiger partial charge in [-0.15, -0.1) is 16.4 Å². The van der Waals surface area contributed by atoms with Crippen LogP contribution in [0.5, 0.6) is 0 Å². The Bertz CT molecular complexity index is 1390. The van der Waals surface area contributed by atoms with Gasteiger partial charge in [0.05, 0.1) is 16.0 Å². The fourth-order valence-corrected chi connectivity index (χ4v) is 5.00. The van der Waals surface area contributed by atoms with Crippen molar-refractivity contribution in [1.29, 1.82) is 0 Å². The lowest BCUT2D eigenvalue weighted by atomic mass is 10.1. The third-order valence-corrected chi connectivity index (χ3v) is 6.73. The monoisotopic (exact) mass is 430 g/mol. The van der Waals surface area contributed by atoms with Gasteiger partial charge in [-0.05, 0) is 50.6 Å². The highest BCUT2D eigenvalue weighted by molar-refractivity contribution is 7.20. The summed E-state index contributed by atoms with van der Waals surface area (Å²) in [4.78, 5) is 25.8. The molecular formula is C23H22N6OS. The highest BCUT2D eigenvalue weighted by Gasteiger charge is 2.23. The van der Waals surface area contributed by atoms with Gasteiger partial charge < -0.3 is 9.47 Å². The molecule has 0 aliphatic carbocycles. The van der Waals surface area contributed by atoms with Crippen LogP contribution in [-0.4, -0.2) is 48.0 Å². The molecule has 7 nitrogen and oxygen atoms in total. The third kappa shape index (κ3) is 3.11. The molecule has 0 radical (unpaired) electrons. The van der Waals surface area contributed by atoms with Gasteiger partial charge in [0.25, 0.3) is 5.91 Å². The summed E-state index contributed by atoms with van der Waals surface area (Å²) in [5, 5.41) is 5.59. The maximum Gasteiger partial charge on any atom is 0.264 e. The molecule has 156 valence electrons. The Morgan fingerprint density at radius 2 is 1.84 bits per heavy atom. The van der Waals surface area contributed by atoms with Crippen molar-refractivity contribution in [2.24, 2.45) is 0 Å². The van der Waals surface area contributed by atoms with Crippen LogP contribution in [0.3, 0.4) is 0 Å². The van der Waals surface area contributed by atoms with E-state index in [0.29, 0.717) is 18.9 Å². The molecule has 1 aromatic carbocycles. The molecule has 0 fully saturated rings. The molecule has 0 N–H and O–H groups in total. The minimum Gasteiger partial charge on any atom is -0.338 e. The third-order valence-electron chi connectivity index (χ3n) is 5.54. The van der Waals surface area contributed by atoms with E-state index in [4.69, 9.17) is 10.1 Å². The number of nitrogens with zero attached hydrogens (tertiary/aromatic N) is 6. The first-order valence-corrected chi connectivity index (χ1v) is 11.1. The number of rotatable bonds is 5. The van der Waals surface area contributed by atoms with Crippen LogP contribution in [-0.2, 0) is 0 Å². The van der Waals surface area contributed by atoms with Crippen molar-refractivity contribution in [2.75, 3.05) is 13.1 Å². The standard InChI is InChI=1S/C23H22N6OS/c1-4-27(5-2)23(30)19-15(3)18-21-25-20(26-29(21)14-24-22(18)31-19)16-10-6-7-11-17(16)28-12-8-9-13-28/h6-14H,4-5H2,1-3H3. The summed E-state index contributed by atoms with van der Waals surface area (Å²) in [6.45, 7) is 7.31. The van der Waals surface area contributed by atoms with E-state index in [0.717, 1.165) is 37.6 Å². The van der Waals surface area contributed by atoms with Crippen molar-refractivity contribution in [2.45, 2.75) is 20.8 Å². The lowest BCUT2D eigenvalue weighted by Gasteiger charge is -2.17. The van der Waals surface area contributed by atoms with Gasteiger partial charge in [0.1, 0.15) is 11.2 Å². The predicted octanol–water partition coefficient (Wildman–Crippen LogP) is 4.59. The van der Waals surface area contributed by atoms with Crippen LogP contribution < -0.4 is 0 Å². The molecule has 0 saturated heterocycles. The molecule has 0 aliphatic heterocycles. The first kappa shape index (κ1) is 19.4. The highest BCUT2D eigenvalue weighted by Crippen LogP contribution is 2.34. The van der Waals surface area contributed by atoms with Crippen molar-refractivity contribution >= 4 is 33.1 Å². The lowest BCUT2D eigenvalue weighted by molar-refractivity contribution is 0.0777. The van der Waals surface area contributed by atoms with Crippen LogP contribution in [0.4, 0.5) is 0 Å². The first-order valence-electron chi connectivity index (χ1n) is 10.3. The van der Waals surface area contributed by atoms with Gasteiger partial charge in [0.15, 0.2) is 11.5 Å². The zero-order valence-corrected chi connectivity index (χ0v) is 18.4. The number of fused-ring (bicyclic) bond motifs is 3. The Kier molecular flexibility index (Phi) is 4.78. The molecule has 4 aromatic heterocycles. The van der Waals surface area contributed by atoms with Crippen molar-refractivity contribution in [3.8, 4) is 17.1 Å². The number of hydrogen-bond acceptors (Lipinski definition) is 5. The minimum atomic E-state index is 0.0429. The smallest absolute Gasteiger partial charge is 0.264 e. The number of aromatic nitrogens is 5. The molecule has 0 saturated carbocycles. The summed E-state index contributed by atoms with van der Waals surface area (Å²) in [6, 6.07) is 12.0. The maximum atomic E-state index is 13.0. The number of hydrogen-bond donors (Lipinski definition) is 0. The van der Waals surface area contributed by atoms with E-state index in [1.54, 1.807) is 10.8 Å². The molecule has 0 atom stereocenters. The zero-order valence-electron chi connectivity index (χ0n) is 17.6. The summed E-state index contributed by atoms with van der Waals surface area (Å²) in [5.41, 5.74) is 3.57. The molecular weight excluding hydrogens is 408 g/mol. The first-order chi connectivity index (χ1) is 15.1. The molecule has 5 aromatic rings. The van der Waals surface area contributed by atoms with Gasteiger partial charge in [-0.3, -0.25) is 4.79 Å². The summed E-state index contributed by atoms with van der Waals surface area (Å²) in [7, 11) is 0. The van der Waals surface area contributed by atoms with Crippen molar-refractivity contribution < 1.29 is 4.79 Å². The molecule has 0 spiro atoms. The fourth-order valence-electron chi connectivity index (χ4n) is 3.89. The van der Waals surface area contributed by atoms with Gasteiger partial charge in [-0.25, -0.2) is 14.5 Å². The largest absolute Gasteiger partial charge is 0.338 e. The molecule has 0 aliphatic rings. The SMILES string of the molecule is CCN(CC)C(=O)c1sc2ncn3nc(-c4ccccc4-n4cccc4)nc3c2c1C. The Morgan fingerprint density at radius 1 is 1.10 bits per heavy atom. The van der Waals surface area contributed by atoms with E-state index in [1.807, 2.05) is 79.0 Å². The Morgan fingerprint density at radius 3 is 2.58 bits per heavy atom. The number of carbonyl (C=O) groups excluding carboxylic acids is 1. The summed E-state index contributed by atoms with van der Waals surface area (Å²) < 4.78 is 3.75. The highest BCUT2D eigenvalue weighted by atomic mass is 32.1. The molecule has 4 heterocycles. The maximum absolute atomic E-state index is 13.0. The molecule has 5 rings (SSSR count). The van der Waals surface area contributed by atoms with E-state index in [1.165, 1.54) is 11.3 Å². The predicted molar refractivity (Wildman–Crippen MR) is 123 cm³/mol. The van der Waals surface area contributed by atoms with Gasteiger partial charge in [0.2, 0.25) is 0 Å². The molecule has 31 heavy (non-hydrogen) atoms. The zero-order chi connectivity index (χ0) is 21.5. The Hall–Kier alpha value is -3.52. The average Bonchev–Trinajstić information content (AvgIpc) is 3.53. The molecule has 8 heteroatoms. The van der Waals surface area contributed by atoms with E-state index in [9.17, 15) is 4.79 Å². The van der Waals surface area contributed by atoms with Gasteiger partial charge >= 0.3 is 0 Å². The van der Waals surface area contributed by atoms with Gasteiger partial charge in [0, 0.05) is 31.0 Å². The Balaban J connectivity index is 1.69. The number of carbonyl (C=O) groups is 1. The van der Waals surface area contributed by atoms with Crippen LogP contribution in [0, 0.1) is 6.92 Å².